The van der Waals surface area contributed by atoms with Crippen molar-refractivity contribution >= 4 is 17.5 Å². The van der Waals surface area contributed by atoms with Crippen LogP contribution in [0.5, 0.6) is 0 Å². The van der Waals surface area contributed by atoms with Gasteiger partial charge in [-0.3, -0.25) is 4.79 Å². The summed E-state index contributed by atoms with van der Waals surface area (Å²) >= 11 is 0. The lowest BCUT2D eigenvalue weighted by Gasteiger charge is -2.35. The van der Waals surface area contributed by atoms with E-state index in [1.807, 2.05) is 17.0 Å². The number of carbonyl (C=O) groups excluding carboxylic acids is 1. The third kappa shape index (κ3) is 4.71. The summed E-state index contributed by atoms with van der Waals surface area (Å²) in [5.41, 5.74) is 0. The summed E-state index contributed by atoms with van der Waals surface area (Å²) < 4.78 is 42.2. The Labute approximate surface area is 143 Å². The van der Waals surface area contributed by atoms with Crippen molar-refractivity contribution in [3.8, 4) is 0 Å². The molecule has 1 aromatic rings. The summed E-state index contributed by atoms with van der Waals surface area (Å²) in [6.45, 7) is 4.25. The Morgan fingerprint density at radius 2 is 1.48 bits per heavy atom. The fraction of sp³-hybridized carbons (Fsp3) is 0.667. The quantitative estimate of drug-likeness (QED) is 0.800. The second-order valence-electron chi connectivity index (χ2n) is 6.01. The largest absolute Gasteiger partial charge is 0.397 e. The van der Waals surface area contributed by atoms with E-state index >= 15 is 0 Å². The van der Waals surface area contributed by atoms with Gasteiger partial charge in [0.15, 0.2) is 11.6 Å². The molecule has 7 nitrogen and oxygen atoms in total. The van der Waals surface area contributed by atoms with E-state index in [4.69, 9.17) is 4.74 Å². The van der Waals surface area contributed by atoms with Crippen LogP contribution in [0.4, 0.5) is 24.8 Å². The van der Waals surface area contributed by atoms with Crippen LogP contribution in [0.15, 0.2) is 12.1 Å². The predicted octanol–water partition coefficient (Wildman–Crippen LogP) is 0.914. The van der Waals surface area contributed by atoms with Crippen molar-refractivity contribution in [1.82, 2.24) is 15.1 Å². The van der Waals surface area contributed by atoms with Gasteiger partial charge in [-0.15, -0.1) is 10.2 Å². The van der Waals surface area contributed by atoms with Gasteiger partial charge in [-0.1, -0.05) is 0 Å². The van der Waals surface area contributed by atoms with E-state index in [1.54, 1.807) is 0 Å². The van der Waals surface area contributed by atoms with Gasteiger partial charge in [0.1, 0.15) is 6.42 Å². The fourth-order valence-electron chi connectivity index (χ4n) is 2.92. The van der Waals surface area contributed by atoms with Crippen LogP contribution < -0.4 is 9.80 Å². The van der Waals surface area contributed by atoms with Gasteiger partial charge >= 0.3 is 6.18 Å². The topological polar surface area (TPSA) is 61.8 Å². The van der Waals surface area contributed by atoms with Crippen LogP contribution in [0.2, 0.25) is 0 Å². The highest BCUT2D eigenvalue weighted by Crippen LogP contribution is 2.22. The maximum atomic E-state index is 12.3. The van der Waals surface area contributed by atoms with E-state index in [-0.39, 0.29) is 13.1 Å². The number of hydrogen-bond donors (Lipinski definition) is 0. The minimum Gasteiger partial charge on any atom is -0.378 e. The molecule has 1 aromatic heterocycles. The molecule has 0 saturated carbocycles. The number of rotatable bonds is 3. The molecular weight excluding hydrogens is 339 g/mol. The molecule has 3 heterocycles. The molecule has 10 heteroatoms. The van der Waals surface area contributed by atoms with Gasteiger partial charge in [-0.25, -0.2) is 0 Å². The van der Waals surface area contributed by atoms with Crippen molar-refractivity contribution in [2.75, 3.05) is 62.3 Å². The Morgan fingerprint density at radius 1 is 0.960 bits per heavy atom. The molecular formula is C15H20F3N5O2. The zero-order valence-corrected chi connectivity index (χ0v) is 13.7. The molecule has 138 valence electrons. The van der Waals surface area contributed by atoms with Crippen molar-refractivity contribution in [2.45, 2.75) is 12.6 Å². The molecule has 0 radical (unpaired) electrons. The van der Waals surface area contributed by atoms with Crippen LogP contribution in [-0.2, 0) is 9.53 Å². The third-order valence-corrected chi connectivity index (χ3v) is 4.28. The Bertz CT molecular complexity index is 582. The Kier molecular flexibility index (Phi) is 5.26. The average Bonchev–Trinajstić information content (AvgIpc) is 2.61. The zero-order chi connectivity index (χ0) is 17.9. The average molecular weight is 359 g/mol. The number of halogens is 3. The highest BCUT2D eigenvalue weighted by molar-refractivity contribution is 5.77. The van der Waals surface area contributed by atoms with Crippen molar-refractivity contribution in [3.05, 3.63) is 12.1 Å². The van der Waals surface area contributed by atoms with E-state index in [0.717, 1.165) is 18.9 Å². The highest BCUT2D eigenvalue weighted by atomic mass is 19.4. The first kappa shape index (κ1) is 17.7. The lowest BCUT2D eigenvalue weighted by atomic mass is 10.2. The summed E-state index contributed by atoms with van der Waals surface area (Å²) in [5, 5.41) is 8.45. The standard InChI is InChI=1S/C15H20F3N5O2/c16-15(17,18)11-14(24)23-5-3-21(4-6-23)12-1-2-13(20-19-12)22-7-9-25-10-8-22/h1-2H,3-11H2. The summed E-state index contributed by atoms with van der Waals surface area (Å²) in [6.07, 6.45) is -5.87. The first-order valence-corrected chi connectivity index (χ1v) is 8.18. The first-order chi connectivity index (χ1) is 11.9. The normalized spacial score (nSPS) is 19.2. The number of nitrogens with zero attached hydrogens (tertiary/aromatic N) is 5. The lowest BCUT2D eigenvalue weighted by molar-refractivity contribution is -0.161. The number of alkyl halides is 3. The number of ether oxygens (including phenoxy) is 1. The maximum absolute atomic E-state index is 12.3. The van der Waals surface area contributed by atoms with Gasteiger partial charge in [-0.2, -0.15) is 13.2 Å². The molecule has 1 amide bonds. The van der Waals surface area contributed by atoms with E-state index in [1.165, 1.54) is 4.90 Å². The smallest absolute Gasteiger partial charge is 0.378 e. The molecule has 0 aromatic carbocycles. The second-order valence-corrected chi connectivity index (χ2v) is 6.01. The molecule has 0 aliphatic carbocycles. The Balaban J connectivity index is 1.53. The Morgan fingerprint density at radius 3 is 1.96 bits per heavy atom. The second kappa shape index (κ2) is 7.42. The third-order valence-electron chi connectivity index (χ3n) is 4.28. The molecule has 0 atom stereocenters. The van der Waals surface area contributed by atoms with Gasteiger partial charge in [0.2, 0.25) is 5.91 Å². The van der Waals surface area contributed by atoms with Crippen LogP contribution >= 0.6 is 0 Å². The SMILES string of the molecule is O=C(CC(F)(F)F)N1CCN(c2ccc(N3CCOCC3)nn2)CC1. The van der Waals surface area contributed by atoms with Crippen molar-refractivity contribution < 1.29 is 22.7 Å². The number of hydrogen-bond acceptors (Lipinski definition) is 6. The summed E-state index contributed by atoms with van der Waals surface area (Å²) in [5.74, 6) is 0.576. The monoisotopic (exact) mass is 359 g/mol. The molecule has 0 bridgehead atoms. The molecule has 25 heavy (non-hydrogen) atoms. The van der Waals surface area contributed by atoms with Crippen LogP contribution in [0.25, 0.3) is 0 Å². The fourth-order valence-corrected chi connectivity index (χ4v) is 2.92. The van der Waals surface area contributed by atoms with Gasteiger partial charge in [0, 0.05) is 39.3 Å². The van der Waals surface area contributed by atoms with Gasteiger partial charge in [0.25, 0.3) is 0 Å². The first-order valence-electron chi connectivity index (χ1n) is 8.18. The van der Waals surface area contributed by atoms with Gasteiger partial charge < -0.3 is 19.4 Å². The summed E-state index contributed by atoms with van der Waals surface area (Å²) in [6, 6.07) is 3.74. The highest BCUT2D eigenvalue weighted by Gasteiger charge is 2.34. The zero-order valence-electron chi connectivity index (χ0n) is 13.7. The molecule has 2 aliphatic heterocycles. The van der Waals surface area contributed by atoms with E-state index in [9.17, 15) is 18.0 Å². The molecule has 3 rings (SSSR count). The van der Waals surface area contributed by atoms with Crippen molar-refractivity contribution in [1.29, 1.82) is 0 Å². The lowest BCUT2D eigenvalue weighted by Crippen LogP contribution is -2.49. The van der Waals surface area contributed by atoms with Crippen molar-refractivity contribution in [3.63, 3.8) is 0 Å². The van der Waals surface area contributed by atoms with Crippen LogP contribution in [-0.4, -0.2) is 79.7 Å². The number of amides is 1. The molecule has 0 spiro atoms. The Hall–Kier alpha value is -2.10. The number of anilines is 2. The van der Waals surface area contributed by atoms with Crippen molar-refractivity contribution in [2.24, 2.45) is 0 Å². The molecule has 2 aliphatic rings. The number of piperazine rings is 1. The molecule has 0 unspecified atom stereocenters. The predicted molar refractivity (Wildman–Crippen MR) is 84.5 cm³/mol. The minimum absolute atomic E-state index is 0.252. The van der Waals surface area contributed by atoms with Crippen LogP contribution in [0.1, 0.15) is 6.42 Å². The van der Waals surface area contributed by atoms with E-state index < -0.39 is 18.5 Å². The maximum Gasteiger partial charge on any atom is 0.397 e. The minimum atomic E-state index is -4.46. The summed E-state index contributed by atoms with van der Waals surface area (Å²) in [4.78, 5) is 16.9. The summed E-state index contributed by atoms with van der Waals surface area (Å²) in [7, 11) is 0. The van der Waals surface area contributed by atoms with Crippen LogP contribution in [0.3, 0.4) is 0 Å². The van der Waals surface area contributed by atoms with E-state index in [2.05, 4.69) is 15.1 Å². The molecule has 2 fully saturated rings. The van der Waals surface area contributed by atoms with Crippen LogP contribution in [0, 0.1) is 0 Å². The number of aromatic nitrogens is 2. The van der Waals surface area contributed by atoms with E-state index in [0.29, 0.717) is 32.1 Å². The number of morpholine rings is 1. The van der Waals surface area contributed by atoms with Gasteiger partial charge in [0.05, 0.1) is 13.2 Å². The molecule has 0 N–H and O–H groups in total. The number of carbonyl (C=O) groups is 1. The molecule has 2 saturated heterocycles. The van der Waals surface area contributed by atoms with Gasteiger partial charge in [-0.05, 0) is 12.1 Å².